The molecule has 3 aromatic rings. The summed E-state index contributed by atoms with van der Waals surface area (Å²) in [6.07, 6.45) is 0. The molecular weight excluding hydrogens is 431 g/mol. The maximum Gasteiger partial charge on any atom is 0.220 e. The topological polar surface area (TPSA) is 73.8 Å². The molecule has 2 aromatic carbocycles. The molecule has 3 rings (SSSR count). The normalized spacial score (nSPS) is 12.1. The van der Waals surface area contributed by atoms with Crippen LogP contribution in [0.4, 0.5) is 0 Å². The van der Waals surface area contributed by atoms with Crippen molar-refractivity contribution in [3.05, 3.63) is 79.0 Å². The Kier molecular flexibility index (Phi) is 6.26. The molecule has 1 heterocycles. The second-order valence-corrected chi connectivity index (χ2v) is 8.08. The van der Waals surface area contributed by atoms with Crippen LogP contribution < -0.4 is 0 Å². The summed E-state index contributed by atoms with van der Waals surface area (Å²) < 4.78 is 1.82. The Morgan fingerprint density at radius 3 is 2.41 bits per heavy atom. The number of halogens is 3. The Morgan fingerprint density at radius 2 is 1.78 bits per heavy atom. The van der Waals surface area contributed by atoms with Crippen molar-refractivity contribution in [2.24, 2.45) is 0 Å². The van der Waals surface area contributed by atoms with Crippen LogP contribution in [0, 0.1) is 17.0 Å². The van der Waals surface area contributed by atoms with Crippen LogP contribution in [0.1, 0.15) is 16.6 Å². The lowest BCUT2D eigenvalue weighted by molar-refractivity contribution is -0.479. The van der Waals surface area contributed by atoms with E-state index in [9.17, 15) is 10.1 Å². The lowest BCUT2D eigenvalue weighted by Crippen LogP contribution is -2.11. The second-order valence-electron chi connectivity index (χ2n) is 5.63. The van der Waals surface area contributed by atoms with Crippen molar-refractivity contribution in [3.63, 3.8) is 0 Å². The first kappa shape index (κ1) is 19.9. The number of nitro groups is 1. The van der Waals surface area contributed by atoms with Gasteiger partial charge in [0.25, 0.3) is 0 Å². The number of thioether (sulfide) groups is 1. The Bertz CT molecular complexity index is 979. The molecule has 0 aliphatic carbocycles. The highest BCUT2D eigenvalue weighted by molar-refractivity contribution is 7.99. The molecule has 0 amide bonds. The monoisotopic (exact) mass is 442 g/mol. The van der Waals surface area contributed by atoms with E-state index < -0.39 is 5.25 Å². The third-order valence-electron chi connectivity index (χ3n) is 3.75. The zero-order valence-electron chi connectivity index (χ0n) is 14.0. The molecule has 10 heteroatoms. The summed E-state index contributed by atoms with van der Waals surface area (Å²) in [7, 11) is 0. The molecule has 0 unspecified atom stereocenters. The van der Waals surface area contributed by atoms with Crippen LogP contribution in [-0.2, 0) is 0 Å². The van der Waals surface area contributed by atoms with Crippen molar-refractivity contribution in [1.82, 2.24) is 14.8 Å². The van der Waals surface area contributed by atoms with Gasteiger partial charge in [0.2, 0.25) is 6.54 Å². The number of aromatic nitrogens is 3. The van der Waals surface area contributed by atoms with E-state index in [2.05, 4.69) is 10.2 Å². The molecule has 0 fully saturated rings. The summed E-state index contributed by atoms with van der Waals surface area (Å²) in [4.78, 5) is 10.8. The zero-order chi connectivity index (χ0) is 19.6. The van der Waals surface area contributed by atoms with E-state index in [0.29, 0.717) is 31.6 Å². The highest BCUT2D eigenvalue weighted by Gasteiger charge is 2.25. The van der Waals surface area contributed by atoms with Gasteiger partial charge in [0, 0.05) is 25.7 Å². The average molecular weight is 444 g/mol. The second kappa shape index (κ2) is 8.48. The summed E-state index contributed by atoms with van der Waals surface area (Å²) in [5, 5.41) is 20.9. The van der Waals surface area contributed by atoms with Gasteiger partial charge >= 0.3 is 0 Å². The molecule has 0 radical (unpaired) electrons. The van der Waals surface area contributed by atoms with Crippen molar-refractivity contribution in [2.75, 3.05) is 6.54 Å². The summed E-state index contributed by atoms with van der Waals surface area (Å²) in [5.41, 5.74) is 1.43. The van der Waals surface area contributed by atoms with Gasteiger partial charge in [-0.05, 0) is 48.9 Å². The SMILES string of the molecule is Cc1nnc(S[C@H](C[N+](=O)[O-])c2ccc(Cl)cc2Cl)n1-c1ccc(Cl)cc1. The lowest BCUT2D eigenvalue weighted by Gasteiger charge is -2.15. The number of rotatable bonds is 6. The van der Waals surface area contributed by atoms with Gasteiger partial charge in [-0.1, -0.05) is 52.6 Å². The molecular formula is C17H13Cl3N4O2S. The zero-order valence-corrected chi connectivity index (χ0v) is 17.1. The lowest BCUT2D eigenvalue weighted by atomic mass is 10.1. The fourth-order valence-corrected chi connectivity index (χ4v) is 4.48. The number of hydrogen-bond donors (Lipinski definition) is 0. The van der Waals surface area contributed by atoms with Crippen LogP contribution in [0.15, 0.2) is 47.6 Å². The first-order valence-electron chi connectivity index (χ1n) is 7.76. The van der Waals surface area contributed by atoms with Gasteiger partial charge in [0.1, 0.15) is 11.1 Å². The van der Waals surface area contributed by atoms with Crippen molar-refractivity contribution >= 4 is 46.6 Å². The maximum absolute atomic E-state index is 11.2. The van der Waals surface area contributed by atoms with E-state index >= 15 is 0 Å². The first-order chi connectivity index (χ1) is 12.8. The Morgan fingerprint density at radius 1 is 1.11 bits per heavy atom. The molecule has 0 N–H and O–H groups in total. The van der Waals surface area contributed by atoms with Gasteiger partial charge in [-0.2, -0.15) is 0 Å². The summed E-state index contributed by atoms with van der Waals surface area (Å²) in [6.45, 7) is 1.49. The standard InChI is InChI=1S/C17H13Cl3N4O2S/c1-10-21-22-17(24(10)13-5-2-11(18)3-6-13)27-16(9-23(25)26)14-7-4-12(19)8-15(14)20/h2-8,16H,9H2,1H3/t16-/m1/s1. The molecule has 27 heavy (non-hydrogen) atoms. The van der Waals surface area contributed by atoms with Gasteiger partial charge in [-0.25, -0.2) is 0 Å². The van der Waals surface area contributed by atoms with Crippen LogP contribution in [0.3, 0.4) is 0 Å². The van der Waals surface area contributed by atoms with E-state index in [1.807, 2.05) is 23.6 Å². The van der Waals surface area contributed by atoms with Gasteiger partial charge in [0.15, 0.2) is 5.16 Å². The van der Waals surface area contributed by atoms with Gasteiger partial charge < -0.3 is 0 Å². The quantitative estimate of drug-likeness (QED) is 0.280. The number of aryl methyl sites for hydroxylation is 1. The van der Waals surface area contributed by atoms with Crippen LogP contribution in [0.25, 0.3) is 5.69 Å². The Hall–Kier alpha value is -1.80. The molecule has 0 saturated heterocycles. The fourth-order valence-electron chi connectivity index (χ4n) is 2.53. The minimum Gasteiger partial charge on any atom is -0.274 e. The highest BCUT2D eigenvalue weighted by atomic mass is 35.5. The van der Waals surface area contributed by atoms with Gasteiger partial charge in [-0.15, -0.1) is 10.2 Å². The Labute approximate surface area is 174 Å². The highest BCUT2D eigenvalue weighted by Crippen LogP contribution is 2.39. The molecule has 140 valence electrons. The van der Waals surface area contributed by atoms with E-state index in [0.717, 1.165) is 5.69 Å². The van der Waals surface area contributed by atoms with Gasteiger partial charge in [0.05, 0.1) is 0 Å². The van der Waals surface area contributed by atoms with E-state index in [1.54, 1.807) is 30.3 Å². The van der Waals surface area contributed by atoms with Crippen molar-refractivity contribution in [1.29, 1.82) is 0 Å². The molecule has 6 nitrogen and oxygen atoms in total. The minimum atomic E-state index is -0.556. The molecule has 0 saturated carbocycles. The maximum atomic E-state index is 11.2. The molecule has 0 aliphatic heterocycles. The molecule has 0 aliphatic rings. The summed E-state index contributed by atoms with van der Waals surface area (Å²) in [6, 6.07) is 12.1. The summed E-state index contributed by atoms with van der Waals surface area (Å²) in [5.74, 6) is 0.655. The number of hydrogen-bond acceptors (Lipinski definition) is 5. The van der Waals surface area contributed by atoms with Crippen LogP contribution in [0.5, 0.6) is 0 Å². The summed E-state index contributed by atoms with van der Waals surface area (Å²) >= 11 is 19.4. The van der Waals surface area contributed by atoms with Crippen LogP contribution >= 0.6 is 46.6 Å². The van der Waals surface area contributed by atoms with E-state index in [-0.39, 0.29) is 11.5 Å². The first-order valence-corrected chi connectivity index (χ1v) is 9.78. The van der Waals surface area contributed by atoms with Gasteiger partial charge in [-0.3, -0.25) is 14.7 Å². The average Bonchev–Trinajstić information content (AvgIpc) is 2.95. The predicted octanol–water partition coefficient (Wildman–Crippen LogP) is 5.65. The van der Waals surface area contributed by atoms with Crippen molar-refractivity contribution in [2.45, 2.75) is 17.3 Å². The molecule has 0 bridgehead atoms. The number of benzene rings is 2. The third-order valence-corrected chi connectivity index (χ3v) is 5.73. The molecule has 0 spiro atoms. The third kappa shape index (κ3) is 4.73. The smallest absolute Gasteiger partial charge is 0.220 e. The van der Waals surface area contributed by atoms with E-state index in [1.165, 1.54) is 11.8 Å². The fraction of sp³-hybridized carbons (Fsp3) is 0.176. The largest absolute Gasteiger partial charge is 0.274 e. The van der Waals surface area contributed by atoms with E-state index in [4.69, 9.17) is 34.8 Å². The predicted molar refractivity (Wildman–Crippen MR) is 108 cm³/mol. The van der Waals surface area contributed by atoms with Crippen molar-refractivity contribution < 1.29 is 4.92 Å². The van der Waals surface area contributed by atoms with Crippen LogP contribution in [-0.4, -0.2) is 26.2 Å². The number of nitrogens with zero attached hydrogens (tertiary/aromatic N) is 4. The Balaban J connectivity index is 2.00. The van der Waals surface area contributed by atoms with Crippen LogP contribution in [0.2, 0.25) is 15.1 Å². The molecule has 1 aromatic heterocycles. The molecule has 1 atom stereocenters. The van der Waals surface area contributed by atoms with Crippen molar-refractivity contribution in [3.8, 4) is 5.69 Å². The minimum absolute atomic E-state index is 0.321.